The zero-order chi connectivity index (χ0) is 19.7. The Morgan fingerprint density at radius 1 is 1.25 bits per heavy atom. The number of benzene rings is 2. The number of halogens is 1. The normalized spacial score (nSPS) is 14.1. The number of carbonyl (C=O) groups excluding carboxylic acids is 1. The fourth-order valence-electron chi connectivity index (χ4n) is 3.11. The van der Waals surface area contributed by atoms with Gasteiger partial charge in [0.25, 0.3) is 0 Å². The predicted molar refractivity (Wildman–Crippen MR) is 110 cm³/mol. The smallest absolute Gasteiger partial charge is 0.230 e. The lowest BCUT2D eigenvalue weighted by molar-refractivity contribution is -0.119. The van der Waals surface area contributed by atoms with Crippen LogP contribution in [-0.4, -0.2) is 34.4 Å². The number of rotatable bonds is 5. The number of amides is 1. The van der Waals surface area contributed by atoms with E-state index in [0.717, 1.165) is 33.3 Å². The molecule has 8 heteroatoms. The van der Waals surface area contributed by atoms with Crippen LogP contribution in [0, 0.1) is 0 Å². The molecular weight excluding hydrogens is 398 g/mol. The van der Waals surface area contributed by atoms with E-state index in [4.69, 9.17) is 21.1 Å². The van der Waals surface area contributed by atoms with Crippen LogP contribution in [0.5, 0.6) is 11.5 Å². The standard InChI is InChI=1S/C20H20ClN3O3S/c1-12(13-3-6-17-18(9-13)27-8-7-26-17)22-19(25)11-28-20-23-15-10-14(21)4-5-16(15)24(20)2/h3-6,9-10,12H,7-8,11H2,1-2H3,(H,22,25)/t12-/m1/s1. The molecule has 2 aromatic carbocycles. The van der Waals surface area contributed by atoms with Crippen molar-refractivity contribution in [1.82, 2.24) is 14.9 Å². The Morgan fingerprint density at radius 3 is 2.86 bits per heavy atom. The average Bonchev–Trinajstić information content (AvgIpc) is 3.00. The lowest BCUT2D eigenvalue weighted by atomic mass is 10.1. The maximum Gasteiger partial charge on any atom is 0.230 e. The summed E-state index contributed by atoms with van der Waals surface area (Å²) < 4.78 is 13.1. The fraction of sp³-hybridized carbons (Fsp3) is 0.300. The molecule has 1 amide bonds. The summed E-state index contributed by atoms with van der Waals surface area (Å²) in [6.45, 7) is 3.05. The second-order valence-electron chi connectivity index (χ2n) is 6.57. The number of ether oxygens (including phenoxy) is 2. The molecule has 1 N–H and O–H groups in total. The Labute approximate surface area is 172 Å². The maximum absolute atomic E-state index is 12.4. The third-order valence-electron chi connectivity index (χ3n) is 4.58. The Bertz CT molecular complexity index is 1040. The number of hydrogen-bond donors (Lipinski definition) is 1. The number of aromatic nitrogens is 2. The molecule has 3 aromatic rings. The van der Waals surface area contributed by atoms with Crippen LogP contribution in [0.15, 0.2) is 41.6 Å². The van der Waals surface area contributed by atoms with Crippen molar-refractivity contribution in [3.63, 3.8) is 0 Å². The van der Waals surface area contributed by atoms with Gasteiger partial charge in [0.15, 0.2) is 16.7 Å². The molecule has 28 heavy (non-hydrogen) atoms. The van der Waals surface area contributed by atoms with Crippen LogP contribution in [-0.2, 0) is 11.8 Å². The Hall–Kier alpha value is -2.38. The Kier molecular flexibility index (Phi) is 5.37. The highest BCUT2D eigenvalue weighted by Gasteiger charge is 2.17. The summed E-state index contributed by atoms with van der Waals surface area (Å²) in [6.07, 6.45) is 0. The second-order valence-corrected chi connectivity index (χ2v) is 7.95. The van der Waals surface area contributed by atoms with Crippen molar-refractivity contribution >= 4 is 40.3 Å². The van der Waals surface area contributed by atoms with Crippen LogP contribution >= 0.6 is 23.4 Å². The number of thioether (sulfide) groups is 1. The first kappa shape index (κ1) is 19.0. The molecule has 0 aliphatic carbocycles. The molecule has 0 spiro atoms. The average molecular weight is 418 g/mol. The first-order valence-electron chi connectivity index (χ1n) is 8.95. The van der Waals surface area contributed by atoms with Gasteiger partial charge in [0.1, 0.15) is 13.2 Å². The quantitative estimate of drug-likeness (QED) is 0.636. The molecule has 2 heterocycles. The number of aryl methyl sites for hydroxylation is 1. The van der Waals surface area contributed by atoms with Gasteiger partial charge in [0, 0.05) is 12.1 Å². The lowest BCUT2D eigenvalue weighted by Crippen LogP contribution is -2.28. The topological polar surface area (TPSA) is 65.4 Å². The van der Waals surface area contributed by atoms with Gasteiger partial charge >= 0.3 is 0 Å². The van der Waals surface area contributed by atoms with Gasteiger partial charge in [-0.25, -0.2) is 4.98 Å². The van der Waals surface area contributed by atoms with Crippen molar-refractivity contribution in [3.8, 4) is 11.5 Å². The van der Waals surface area contributed by atoms with Crippen molar-refractivity contribution in [3.05, 3.63) is 47.0 Å². The van der Waals surface area contributed by atoms with E-state index >= 15 is 0 Å². The molecule has 1 aliphatic heterocycles. The van der Waals surface area contributed by atoms with Gasteiger partial charge in [-0.3, -0.25) is 4.79 Å². The molecule has 0 saturated heterocycles. The van der Waals surface area contributed by atoms with E-state index in [0.29, 0.717) is 18.2 Å². The van der Waals surface area contributed by atoms with Gasteiger partial charge in [-0.2, -0.15) is 0 Å². The maximum atomic E-state index is 12.4. The van der Waals surface area contributed by atoms with Crippen LogP contribution < -0.4 is 14.8 Å². The van der Waals surface area contributed by atoms with E-state index in [1.165, 1.54) is 11.8 Å². The summed E-state index contributed by atoms with van der Waals surface area (Å²) in [4.78, 5) is 17.0. The van der Waals surface area contributed by atoms with Crippen molar-refractivity contribution in [2.45, 2.75) is 18.1 Å². The summed E-state index contributed by atoms with van der Waals surface area (Å²) in [5, 5.41) is 4.44. The van der Waals surface area contributed by atoms with E-state index in [1.54, 1.807) is 0 Å². The third-order valence-corrected chi connectivity index (χ3v) is 5.84. The molecule has 0 bridgehead atoms. The van der Waals surface area contributed by atoms with Crippen LogP contribution in [0.4, 0.5) is 0 Å². The number of fused-ring (bicyclic) bond motifs is 2. The minimum absolute atomic E-state index is 0.0579. The van der Waals surface area contributed by atoms with E-state index < -0.39 is 0 Å². The first-order chi connectivity index (χ1) is 13.5. The highest BCUT2D eigenvalue weighted by atomic mass is 35.5. The molecule has 6 nitrogen and oxygen atoms in total. The van der Waals surface area contributed by atoms with E-state index in [9.17, 15) is 4.79 Å². The van der Waals surface area contributed by atoms with E-state index in [-0.39, 0.29) is 17.7 Å². The molecule has 0 radical (unpaired) electrons. The van der Waals surface area contributed by atoms with Crippen molar-refractivity contribution in [2.75, 3.05) is 19.0 Å². The monoisotopic (exact) mass is 417 g/mol. The first-order valence-corrected chi connectivity index (χ1v) is 10.3. The van der Waals surface area contributed by atoms with Gasteiger partial charge in [-0.05, 0) is 42.8 Å². The summed E-state index contributed by atoms with van der Waals surface area (Å²) in [5.74, 6) is 1.68. The van der Waals surface area contributed by atoms with Gasteiger partial charge in [0.05, 0.1) is 22.8 Å². The number of nitrogens with one attached hydrogen (secondary N) is 1. The Balaban J connectivity index is 1.38. The van der Waals surface area contributed by atoms with E-state index in [1.807, 2.05) is 54.9 Å². The summed E-state index contributed by atoms with van der Waals surface area (Å²) in [7, 11) is 1.93. The summed E-state index contributed by atoms with van der Waals surface area (Å²) in [5.41, 5.74) is 2.78. The van der Waals surface area contributed by atoms with E-state index in [2.05, 4.69) is 10.3 Å². The molecule has 1 atom stereocenters. The number of nitrogens with zero attached hydrogens (tertiary/aromatic N) is 2. The fourth-order valence-corrected chi connectivity index (χ4v) is 4.07. The van der Waals surface area contributed by atoms with Gasteiger partial charge in [0.2, 0.25) is 5.91 Å². The number of imidazole rings is 1. The Morgan fingerprint density at radius 2 is 2.04 bits per heavy atom. The minimum Gasteiger partial charge on any atom is -0.486 e. The van der Waals surface area contributed by atoms with Crippen molar-refractivity contribution < 1.29 is 14.3 Å². The molecule has 0 fully saturated rings. The highest BCUT2D eigenvalue weighted by molar-refractivity contribution is 7.99. The number of carbonyl (C=O) groups is 1. The van der Waals surface area contributed by atoms with Gasteiger partial charge < -0.3 is 19.4 Å². The number of hydrogen-bond acceptors (Lipinski definition) is 5. The zero-order valence-corrected chi connectivity index (χ0v) is 17.1. The van der Waals surface area contributed by atoms with Crippen LogP contribution in [0.1, 0.15) is 18.5 Å². The van der Waals surface area contributed by atoms with Gasteiger partial charge in [-0.1, -0.05) is 29.4 Å². The second kappa shape index (κ2) is 7.93. The SMILES string of the molecule is C[C@@H](NC(=O)CSc1nc2cc(Cl)ccc2n1C)c1ccc2c(c1)OCCO2. The molecule has 0 unspecified atom stereocenters. The zero-order valence-electron chi connectivity index (χ0n) is 15.6. The molecule has 0 saturated carbocycles. The third kappa shape index (κ3) is 3.91. The molecule has 146 valence electrons. The van der Waals surface area contributed by atoms with Crippen LogP contribution in [0.25, 0.3) is 11.0 Å². The van der Waals surface area contributed by atoms with Crippen molar-refractivity contribution in [1.29, 1.82) is 0 Å². The van der Waals surface area contributed by atoms with Crippen molar-refractivity contribution in [2.24, 2.45) is 7.05 Å². The molecule has 1 aliphatic rings. The van der Waals surface area contributed by atoms with Crippen LogP contribution in [0.3, 0.4) is 0 Å². The molecule has 1 aromatic heterocycles. The largest absolute Gasteiger partial charge is 0.486 e. The van der Waals surface area contributed by atoms with Crippen LogP contribution in [0.2, 0.25) is 5.02 Å². The summed E-state index contributed by atoms with van der Waals surface area (Å²) >= 11 is 7.43. The van der Waals surface area contributed by atoms with Gasteiger partial charge in [-0.15, -0.1) is 0 Å². The summed E-state index contributed by atoms with van der Waals surface area (Å²) in [6, 6.07) is 11.2. The highest BCUT2D eigenvalue weighted by Crippen LogP contribution is 2.32. The lowest BCUT2D eigenvalue weighted by Gasteiger charge is -2.21. The molecule has 4 rings (SSSR count). The predicted octanol–water partition coefficient (Wildman–Crippen LogP) is 3.97. The minimum atomic E-state index is -0.136. The molecular formula is C20H20ClN3O3S.